The molecule has 2 aliphatic heterocycles. The maximum atomic E-state index is 12.4. The van der Waals surface area contributed by atoms with Crippen molar-refractivity contribution in [3.63, 3.8) is 0 Å². The first-order chi connectivity index (χ1) is 9.09. The van der Waals surface area contributed by atoms with E-state index >= 15 is 0 Å². The summed E-state index contributed by atoms with van der Waals surface area (Å²) in [4.78, 5) is 29.1. The summed E-state index contributed by atoms with van der Waals surface area (Å²) in [5.41, 5.74) is 0.00504. The van der Waals surface area contributed by atoms with Crippen LogP contribution in [0.15, 0.2) is 18.3 Å². The fraction of sp³-hybridized carbons (Fsp3) is 0.462. The fourth-order valence-corrected chi connectivity index (χ4v) is 3.25. The lowest BCUT2D eigenvalue weighted by Gasteiger charge is -2.22. The van der Waals surface area contributed by atoms with Crippen molar-refractivity contribution in [3.05, 3.63) is 24.0 Å². The molecule has 1 amide bonds. The van der Waals surface area contributed by atoms with Gasteiger partial charge in [-0.25, -0.2) is 4.98 Å². The van der Waals surface area contributed by atoms with Crippen LogP contribution in [0.5, 0.6) is 5.75 Å². The second kappa shape index (κ2) is 4.22. The highest BCUT2D eigenvalue weighted by Gasteiger charge is 2.51. The summed E-state index contributed by atoms with van der Waals surface area (Å²) >= 11 is 0. The fourth-order valence-electron chi connectivity index (χ4n) is 3.25. The number of carboxylic acids is 1. The molecule has 2 fully saturated rings. The second-order valence-electron chi connectivity index (χ2n) is 5.06. The number of hydrogen-bond donors (Lipinski definition) is 2. The molecule has 3 atom stereocenters. The Morgan fingerprint density at radius 2 is 2.16 bits per heavy atom. The molecule has 2 N–H and O–H groups in total. The van der Waals surface area contributed by atoms with Crippen LogP contribution in [0, 0.1) is 5.92 Å². The number of aliphatic carboxylic acids is 1. The van der Waals surface area contributed by atoms with Crippen LogP contribution in [0.25, 0.3) is 0 Å². The van der Waals surface area contributed by atoms with Crippen LogP contribution in [-0.2, 0) is 4.79 Å². The first-order valence-electron chi connectivity index (χ1n) is 6.29. The van der Waals surface area contributed by atoms with E-state index in [1.807, 2.05) is 0 Å². The Bertz CT molecular complexity index is 545. The third kappa shape index (κ3) is 1.75. The van der Waals surface area contributed by atoms with Gasteiger partial charge in [0.2, 0.25) is 0 Å². The van der Waals surface area contributed by atoms with Gasteiger partial charge in [0.05, 0.1) is 5.92 Å². The number of carbonyl (C=O) groups excluding carboxylic acids is 1. The molecule has 3 unspecified atom stereocenters. The third-order valence-electron chi connectivity index (χ3n) is 4.08. The highest BCUT2D eigenvalue weighted by Crippen LogP contribution is 2.42. The van der Waals surface area contributed by atoms with Gasteiger partial charge in [-0.2, -0.15) is 0 Å². The Balaban J connectivity index is 1.90. The maximum absolute atomic E-state index is 12.4. The lowest BCUT2D eigenvalue weighted by molar-refractivity contribution is -0.142. The molecule has 1 aromatic rings. The van der Waals surface area contributed by atoms with Gasteiger partial charge in [0.1, 0.15) is 5.75 Å². The van der Waals surface area contributed by atoms with Gasteiger partial charge in [0.15, 0.2) is 5.69 Å². The van der Waals surface area contributed by atoms with Crippen molar-refractivity contribution in [2.75, 3.05) is 0 Å². The summed E-state index contributed by atoms with van der Waals surface area (Å²) in [5.74, 6) is -1.87. The van der Waals surface area contributed by atoms with Gasteiger partial charge < -0.3 is 15.1 Å². The molecule has 6 heteroatoms. The van der Waals surface area contributed by atoms with Crippen LogP contribution in [0.4, 0.5) is 0 Å². The Kier molecular flexibility index (Phi) is 2.66. The van der Waals surface area contributed by atoms with E-state index in [2.05, 4.69) is 4.98 Å². The molecule has 0 spiro atoms. The van der Waals surface area contributed by atoms with Crippen molar-refractivity contribution in [3.8, 4) is 5.75 Å². The molecule has 19 heavy (non-hydrogen) atoms. The van der Waals surface area contributed by atoms with Crippen molar-refractivity contribution < 1.29 is 19.8 Å². The molecule has 3 heterocycles. The van der Waals surface area contributed by atoms with Crippen molar-refractivity contribution in [1.29, 1.82) is 0 Å². The van der Waals surface area contributed by atoms with E-state index < -0.39 is 11.9 Å². The molecule has 6 nitrogen and oxygen atoms in total. The summed E-state index contributed by atoms with van der Waals surface area (Å²) in [6, 6.07) is 2.65. The zero-order valence-corrected chi connectivity index (χ0v) is 10.2. The van der Waals surface area contributed by atoms with Crippen LogP contribution in [-0.4, -0.2) is 44.1 Å². The topological polar surface area (TPSA) is 90.7 Å². The lowest BCUT2D eigenvalue weighted by Crippen LogP contribution is -2.38. The summed E-state index contributed by atoms with van der Waals surface area (Å²) in [7, 11) is 0. The van der Waals surface area contributed by atoms with Crippen molar-refractivity contribution in [2.24, 2.45) is 5.92 Å². The summed E-state index contributed by atoms with van der Waals surface area (Å²) in [5, 5.41) is 18.8. The number of rotatable bonds is 2. The molecule has 1 aromatic heterocycles. The Hall–Kier alpha value is -2.11. The lowest BCUT2D eigenvalue weighted by atomic mass is 9.89. The largest absolute Gasteiger partial charge is 0.505 e. The van der Waals surface area contributed by atoms with Gasteiger partial charge in [-0.05, 0) is 31.4 Å². The third-order valence-corrected chi connectivity index (χ3v) is 4.08. The molecule has 100 valence electrons. The number of carbonyl (C=O) groups is 2. The minimum atomic E-state index is -0.852. The van der Waals surface area contributed by atoms with E-state index in [-0.39, 0.29) is 29.4 Å². The van der Waals surface area contributed by atoms with Gasteiger partial charge in [0.25, 0.3) is 5.91 Å². The van der Waals surface area contributed by atoms with E-state index in [1.54, 1.807) is 11.0 Å². The first-order valence-corrected chi connectivity index (χ1v) is 6.29. The number of nitrogens with zero attached hydrogens (tertiary/aromatic N) is 2. The van der Waals surface area contributed by atoms with Crippen LogP contribution in [0.3, 0.4) is 0 Å². The second-order valence-corrected chi connectivity index (χ2v) is 5.06. The monoisotopic (exact) mass is 262 g/mol. The minimum Gasteiger partial charge on any atom is -0.505 e. The SMILES string of the molecule is O=C(O)C1CC2CCC1N2C(=O)c1ncccc1O. The van der Waals surface area contributed by atoms with E-state index in [0.717, 1.165) is 6.42 Å². The number of fused-ring (bicyclic) bond motifs is 2. The average molecular weight is 262 g/mol. The molecule has 2 aliphatic rings. The molecule has 0 aromatic carbocycles. The normalized spacial score (nSPS) is 28.6. The van der Waals surface area contributed by atoms with Gasteiger partial charge in [-0.15, -0.1) is 0 Å². The summed E-state index contributed by atoms with van der Waals surface area (Å²) in [6.45, 7) is 0. The van der Waals surface area contributed by atoms with E-state index in [9.17, 15) is 14.7 Å². The van der Waals surface area contributed by atoms with Crippen molar-refractivity contribution in [1.82, 2.24) is 9.88 Å². The predicted octanol–water partition coefficient (Wildman–Crippen LogP) is 0.865. The van der Waals surface area contributed by atoms with Crippen molar-refractivity contribution in [2.45, 2.75) is 31.3 Å². The van der Waals surface area contributed by atoms with Gasteiger partial charge in [-0.1, -0.05) is 0 Å². The minimum absolute atomic E-state index is 0.00504. The molecular weight excluding hydrogens is 248 g/mol. The molecule has 0 saturated carbocycles. The molecule has 0 radical (unpaired) electrons. The highest BCUT2D eigenvalue weighted by molar-refractivity contribution is 5.96. The molecular formula is C13H14N2O4. The number of pyridine rings is 1. The average Bonchev–Trinajstić information content (AvgIpc) is 2.96. The highest BCUT2D eigenvalue weighted by atomic mass is 16.4. The van der Waals surface area contributed by atoms with Crippen LogP contribution >= 0.6 is 0 Å². The standard InChI is InChI=1S/C13H14N2O4/c16-10-2-1-5-14-11(10)12(17)15-7-3-4-9(15)8(6-7)13(18)19/h1-2,5,7-9,16H,3-4,6H2,(H,18,19). The van der Waals surface area contributed by atoms with Gasteiger partial charge in [0, 0.05) is 18.3 Å². The summed E-state index contributed by atoms with van der Waals surface area (Å²) in [6.07, 6.45) is 3.48. The number of amides is 1. The Morgan fingerprint density at radius 1 is 1.37 bits per heavy atom. The van der Waals surface area contributed by atoms with E-state index in [0.29, 0.717) is 12.8 Å². The summed E-state index contributed by atoms with van der Waals surface area (Å²) < 4.78 is 0. The van der Waals surface area contributed by atoms with Crippen LogP contribution in [0.2, 0.25) is 0 Å². The predicted molar refractivity (Wildman–Crippen MR) is 64.6 cm³/mol. The van der Waals surface area contributed by atoms with E-state index in [4.69, 9.17) is 5.11 Å². The Morgan fingerprint density at radius 3 is 2.79 bits per heavy atom. The smallest absolute Gasteiger partial charge is 0.308 e. The molecule has 3 rings (SSSR count). The molecule has 0 aliphatic carbocycles. The van der Waals surface area contributed by atoms with Crippen LogP contribution in [0.1, 0.15) is 29.8 Å². The first kappa shape index (κ1) is 12.0. The van der Waals surface area contributed by atoms with Gasteiger partial charge >= 0.3 is 5.97 Å². The number of aromatic nitrogens is 1. The number of carboxylic acid groups (broad SMARTS) is 1. The molecule has 2 bridgehead atoms. The van der Waals surface area contributed by atoms with Crippen LogP contribution < -0.4 is 0 Å². The van der Waals surface area contributed by atoms with E-state index in [1.165, 1.54) is 12.3 Å². The quantitative estimate of drug-likeness (QED) is 0.825. The van der Waals surface area contributed by atoms with Gasteiger partial charge in [-0.3, -0.25) is 9.59 Å². The maximum Gasteiger partial charge on any atom is 0.308 e. The zero-order chi connectivity index (χ0) is 13.6. The number of hydrogen-bond acceptors (Lipinski definition) is 4. The molecule has 2 saturated heterocycles. The van der Waals surface area contributed by atoms with Crippen molar-refractivity contribution >= 4 is 11.9 Å². The zero-order valence-electron chi connectivity index (χ0n) is 10.2. The Labute approximate surface area is 109 Å². The number of aromatic hydroxyl groups is 1.